The van der Waals surface area contributed by atoms with Crippen LogP contribution >= 0.6 is 0 Å². The standard InChI is InChI=1S/C27H32F3N3O4/c1-18-15-21(9-10-23(18)24(34)31(2)3)37-22-16-33(17-22)20-11-13-32(14-12-20)25(35)26(36,27(28,29)30)19-7-5-4-6-8-19/h4-10,15,20,22,36H,11-14,16-17H2,1-3H3. The topological polar surface area (TPSA) is 73.3 Å². The van der Waals surface area contributed by atoms with Crippen molar-refractivity contribution < 1.29 is 32.6 Å². The summed E-state index contributed by atoms with van der Waals surface area (Å²) in [6.45, 7) is 3.48. The van der Waals surface area contributed by atoms with Crippen LogP contribution in [0.5, 0.6) is 5.75 Å². The summed E-state index contributed by atoms with van der Waals surface area (Å²) in [5.74, 6) is -0.715. The van der Waals surface area contributed by atoms with Gasteiger partial charge in [-0.25, -0.2) is 0 Å². The molecule has 0 spiro atoms. The molecule has 0 saturated carbocycles. The minimum absolute atomic E-state index is 0.0251. The van der Waals surface area contributed by atoms with Crippen molar-refractivity contribution in [2.24, 2.45) is 0 Å². The summed E-state index contributed by atoms with van der Waals surface area (Å²) in [5, 5.41) is 10.6. The number of likely N-dealkylation sites (tertiary alicyclic amines) is 2. The fourth-order valence-corrected chi connectivity index (χ4v) is 4.98. The van der Waals surface area contributed by atoms with Gasteiger partial charge in [-0.05, 0) is 43.5 Å². The molecule has 0 aliphatic carbocycles. The molecule has 10 heteroatoms. The Kier molecular flexibility index (Phi) is 7.52. The Bertz CT molecular complexity index is 1130. The van der Waals surface area contributed by atoms with Gasteiger partial charge in [-0.3, -0.25) is 14.5 Å². The van der Waals surface area contributed by atoms with E-state index in [9.17, 15) is 27.9 Å². The Hall–Kier alpha value is -3.11. The molecule has 1 N–H and O–H groups in total. The fraction of sp³-hybridized carbons (Fsp3) is 0.481. The summed E-state index contributed by atoms with van der Waals surface area (Å²) in [6.07, 6.45) is -4.13. The zero-order valence-corrected chi connectivity index (χ0v) is 21.2. The van der Waals surface area contributed by atoms with Crippen molar-refractivity contribution in [2.75, 3.05) is 40.3 Å². The third-order valence-corrected chi connectivity index (χ3v) is 7.19. The number of rotatable bonds is 6. The number of carbonyl (C=O) groups excluding carboxylic acids is 2. The van der Waals surface area contributed by atoms with Crippen LogP contribution in [0.1, 0.15) is 34.3 Å². The molecule has 2 aromatic carbocycles. The first kappa shape index (κ1) is 26.9. The van der Waals surface area contributed by atoms with Gasteiger partial charge in [-0.1, -0.05) is 30.3 Å². The Morgan fingerprint density at radius 3 is 2.19 bits per heavy atom. The van der Waals surface area contributed by atoms with E-state index in [1.54, 1.807) is 26.2 Å². The quantitative estimate of drug-likeness (QED) is 0.635. The minimum Gasteiger partial charge on any atom is -0.488 e. The molecule has 2 saturated heterocycles. The number of aryl methyl sites for hydroxylation is 1. The van der Waals surface area contributed by atoms with Crippen LogP contribution in [0.4, 0.5) is 13.2 Å². The molecule has 2 aromatic rings. The second-order valence-electron chi connectivity index (χ2n) is 9.97. The summed E-state index contributed by atoms with van der Waals surface area (Å²) in [6, 6.07) is 12.0. The average molecular weight is 520 g/mol. The highest BCUT2D eigenvalue weighted by molar-refractivity contribution is 5.95. The van der Waals surface area contributed by atoms with Crippen LogP contribution in [0.3, 0.4) is 0 Å². The lowest BCUT2D eigenvalue weighted by Gasteiger charge is -2.47. The molecule has 2 fully saturated rings. The van der Waals surface area contributed by atoms with Crippen LogP contribution in [-0.4, -0.2) is 90.2 Å². The zero-order chi connectivity index (χ0) is 27.0. The molecule has 2 amide bonds. The van der Waals surface area contributed by atoms with Crippen molar-refractivity contribution in [1.29, 1.82) is 0 Å². The van der Waals surface area contributed by atoms with Crippen molar-refractivity contribution in [3.05, 3.63) is 65.2 Å². The second kappa shape index (κ2) is 10.3. The molecule has 0 bridgehead atoms. The van der Waals surface area contributed by atoms with E-state index in [2.05, 4.69) is 4.90 Å². The van der Waals surface area contributed by atoms with E-state index in [1.165, 1.54) is 23.1 Å². The van der Waals surface area contributed by atoms with Gasteiger partial charge in [0.25, 0.3) is 17.4 Å². The lowest BCUT2D eigenvalue weighted by molar-refractivity contribution is -0.262. The molecular formula is C27H32F3N3O4. The maximum absolute atomic E-state index is 13.9. The number of hydrogen-bond acceptors (Lipinski definition) is 5. The molecule has 2 aliphatic rings. The van der Waals surface area contributed by atoms with Gasteiger partial charge in [0, 0.05) is 57.4 Å². The molecule has 1 unspecified atom stereocenters. The monoisotopic (exact) mass is 519 g/mol. The van der Waals surface area contributed by atoms with E-state index in [1.807, 2.05) is 13.0 Å². The van der Waals surface area contributed by atoms with Crippen molar-refractivity contribution in [3.63, 3.8) is 0 Å². The van der Waals surface area contributed by atoms with Crippen molar-refractivity contribution in [1.82, 2.24) is 14.7 Å². The van der Waals surface area contributed by atoms with E-state index in [0.717, 1.165) is 22.6 Å². The first-order chi connectivity index (χ1) is 17.4. The smallest absolute Gasteiger partial charge is 0.430 e. The highest BCUT2D eigenvalue weighted by atomic mass is 19.4. The van der Waals surface area contributed by atoms with Gasteiger partial charge in [0.1, 0.15) is 11.9 Å². The number of halogens is 3. The molecule has 0 radical (unpaired) electrons. The number of ether oxygens (including phenoxy) is 1. The maximum Gasteiger partial charge on any atom is 0.430 e. The Morgan fingerprint density at radius 2 is 1.65 bits per heavy atom. The SMILES string of the molecule is Cc1cc(OC2CN(C3CCN(C(=O)C(O)(c4ccccc4)C(F)(F)F)CC3)C2)ccc1C(=O)N(C)C. The first-order valence-corrected chi connectivity index (χ1v) is 12.3. The predicted molar refractivity (Wildman–Crippen MR) is 131 cm³/mol. The molecule has 0 aromatic heterocycles. The van der Waals surface area contributed by atoms with Gasteiger partial charge < -0.3 is 19.6 Å². The van der Waals surface area contributed by atoms with Crippen molar-refractivity contribution >= 4 is 11.8 Å². The van der Waals surface area contributed by atoms with Crippen molar-refractivity contribution in [3.8, 4) is 5.75 Å². The van der Waals surface area contributed by atoms with Gasteiger partial charge in [-0.15, -0.1) is 0 Å². The Morgan fingerprint density at radius 1 is 1.03 bits per heavy atom. The molecular weight excluding hydrogens is 487 g/mol. The molecule has 7 nitrogen and oxygen atoms in total. The normalized spacial score (nSPS) is 19.2. The number of alkyl halides is 3. The Balaban J connectivity index is 1.30. The van der Waals surface area contributed by atoms with E-state index < -0.39 is 23.2 Å². The average Bonchev–Trinajstić information content (AvgIpc) is 2.84. The fourth-order valence-electron chi connectivity index (χ4n) is 4.98. The lowest BCUT2D eigenvalue weighted by atomic mass is 9.90. The largest absolute Gasteiger partial charge is 0.488 e. The number of piperidine rings is 1. The first-order valence-electron chi connectivity index (χ1n) is 12.3. The van der Waals surface area contributed by atoms with Crippen LogP contribution in [-0.2, 0) is 10.4 Å². The lowest BCUT2D eigenvalue weighted by Crippen LogP contribution is -2.62. The van der Waals surface area contributed by atoms with Crippen LogP contribution in [0.25, 0.3) is 0 Å². The second-order valence-corrected chi connectivity index (χ2v) is 9.97. The molecule has 2 aliphatic heterocycles. The number of carbonyl (C=O) groups is 2. The van der Waals surface area contributed by atoms with Gasteiger partial charge in [0.15, 0.2) is 0 Å². The number of amides is 2. The summed E-state index contributed by atoms with van der Waals surface area (Å²) in [7, 11) is 3.41. The summed E-state index contributed by atoms with van der Waals surface area (Å²) in [5.41, 5.74) is -2.59. The minimum atomic E-state index is -5.14. The number of nitrogens with zero attached hydrogens (tertiary/aromatic N) is 3. The van der Waals surface area contributed by atoms with Crippen LogP contribution < -0.4 is 4.74 Å². The number of aliphatic hydroxyl groups is 1. The third-order valence-electron chi connectivity index (χ3n) is 7.19. The van der Waals surface area contributed by atoms with E-state index >= 15 is 0 Å². The van der Waals surface area contributed by atoms with Gasteiger partial charge in [-0.2, -0.15) is 13.2 Å². The van der Waals surface area contributed by atoms with E-state index in [0.29, 0.717) is 37.2 Å². The predicted octanol–water partition coefficient (Wildman–Crippen LogP) is 3.20. The molecule has 2 heterocycles. The van der Waals surface area contributed by atoms with E-state index in [-0.39, 0.29) is 31.1 Å². The summed E-state index contributed by atoms with van der Waals surface area (Å²) < 4.78 is 47.7. The van der Waals surface area contributed by atoms with E-state index in [4.69, 9.17) is 4.74 Å². The molecule has 1 atom stereocenters. The van der Waals surface area contributed by atoms with Crippen LogP contribution in [0, 0.1) is 6.92 Å². The van der Waals surface area contributed by atoms with Gasteiger partial charge in [0.05, 0.1) is 0 Å². The molecule has 4 rings (SSSR count). The third kappa shape index (κ3) is 5.31. The number of hydrogen-bond donors (Lipinski definition) is 1. The van der Waals surface area contributed by atoms with Crippen LogP contribution in [0.2, 0.25) is 0 Å². The maximum atomic E-state index is 13.9. The summed E-state index contributed by atoms with van der Waals surface area (Å²) in [4.78, 5) is 30.0. The molecule has 37 heavy (non-hydrogen) atoms. The highest BCUT2D eigenvalue weighted by Gasteiger charge is 2.62. The van der Waals surface area contributed by atoms with Gasteiger partial charge in [0.2, 0.25) is 0 Å². The highest BCUT2D eigenvalue weighted by Crippen LogP contribution is 2.41. The number of benzene rings is 2. The van der Waals surface area contributed by atoms with Gasteiger partial charge >= 0.3 is 6.18 Å². The molecule has 200 valence electrons. The zero-order valence-electron chi connectivity index (χ0n) is 21.2. The van der Waals surface area contributed by atoms with Crippen LogP contribution in [0.15, 0.2) is 48.5 Å². The van der Waals surface area contributed by atoms with Crippen molar-refractivity contribution in [2.45, 2.75) is 43.7 Å². The summed E-state index contributed by atoms with van der Waals surface area (Å²) >= 11 is 0. The Labute approximate surface area is 214 Å².